The lowest BCUT2D eigenvalue weighted by atomic mass is 10.4. The first-order chi connectivity index (χ1) is 8.54. The summed E-state index contributed by atoms with van der Waals surface area (Å²) in [6.07, 6.45) is 1.27. The van der Waals surface area contributed by atoms with E-state index in [1.165, 1.54) is 11.0 Å². The van der Waals surface area contributed by atoms with Gasteiger partial charge in [0, 0.05) is 12.7 Å². The van der Waals surface area contributed by atoms with Crippen molar-refractivity contribution in [3.8, 4) is 5.82 Å². The summed E-state index contributed by atoms with van der Waals surface area (Å²) in [5.74, 6) is 0.322. The minimum Gasteiger partial charge on any atom is -0.367 e. The van der Waals surface area contributed by atoms with E-state index in [1.54, 1.807) is 7.05 Å². The fourth-order valence-electron chi connectivity index (χ4n) is 1.72. The molecule has 0 saturated carbocycles. The molecule has 1 N–H and O–H groups in total. The normalized spacial score (nSPS) is 10.4. The van der Waals surface area contributed by atoms with E-state index in [1.807, 2.05) is 19.9 Å². The molecule has 2 rings (SSSR count). The highest BCUT2D eigenvalue weighted by molar-refractivity contribution is 5.63. The van der Waals surface area contributed by atoms with E-state index in [0.717, 1.165) is 11.4 Å². The topological polar surface area (TPSA) is 98.8 Å². The van der Waals surface area contributed by atoms with Crippen LogP contribution in [0.15, 0.2) is 12.4 Å². The summed E-state index contributed by atoms with van der Waals surface area (Å²) in [6.45, 7) is 3.63. The molecular formula is C10H12N6O2. The minimum atomic E-state index is -0.516. The van der Waals surface area contributed by atoms with Crippen LogP contribution in [-0.4, -0.2) is 31.7 Å². The van der Waals surface area contributed by atoms with Crippen molar-refractivity contribution in [1.29, 1.82) is 0 Å². The molecule has 2 aromatic rings. The number of aromatic nitrogens is 4. The van der Waals surface area contributed by atoms with E-state index in [0.29, 0.717) is 0 Å². The van der Waals surface area contributed by atoms with Crippen molar-refractivity contribution in [1.82, 2.24) is 19.7 Å². The predicted molar refractivity (Wildman–Crippen MR) is 64.8 cm³/mol. The van der Waals surface area contributed by atoms with Crippen LogP contribution in [0.3, 0.4) is 0 Å². The van der Waals surface area contributed by atoms with E-state index < -0.39 is 4.92 Å². The van der Waals surface area contributed by atoms with Crippen molar-refractivity contribution in [3.63, 3.8) is 0 Å². The first-order valence-electron chi connectivity index (χ1n) is 5.25. The van der Waals surface area contributed by atoms with Gasteiger partial charge in [-0.25, -0.2) is 14.6 Å². The summed E-state index contributed by atoms with van der Waals surface area (Å²) in [5, 5.41) is 18.0. The predicted octanol–water partition coefficient (Wildman–Crippen LogP) is 1.23. The van der Waals surface area contributed by atoms with E-state index >= 15 is 0 Å². The zero-order valence-corrected chi connectivity index (χ0v) is 10.2. The summed E-state index contributed by atoms with van der Waals surface area (Å²) >= 11 is 0. The zero-order chi connectivity index (χ0) is 13.3. The van der Waals surface area contributed by atoms with Gasteiger partial charge in [0.1, 0.15) is 6.33 Å². The van der Waals surface area contributed by atoms with E-state index in [9.17, 15) is 10.1 Å². The second-order valence-electron chi connectivity index (χ2n) is 3.74. The van der Waals surface area contributed by atoms with E-state index in [4.69, 9.17) is 0 Å². The quantitative estimate of drug-likeness (QED) is 0.647. The van der Waals surface area contributed by atoms with E-state index in [-0.39, 0.29) is 17.3 Å². The largest absolute Gasteiger partial charge is 0.367 e. The van der Waals surface area contributed by atoms with Crippen LogP contribution >= 0.6 is 0 Å². The van der Waals surface area contributed by atoms with Crippen molar-refractivity contribution in [2.24, 2.45) is 0 Å². The molecule has 0 atom stereocenters. The van der Waals surface area contributed by atoms with Gasteiger partial charge >= 0.3 is 5.69 Å². The molecule has 94 valence electrons. The summed E-state index contributed by atoms with van der Waals surface area (Å²) in [6, 6.07) is 1.82. The van der Waals surface area contributed by atoms with Crippen molar-refractivity contribution >= 4 is 11.5 Å². The minimum absolute atomic E-state index is 0.157. The van der Waals surface area contributed by atoms with Gasteiger partial charge in [-0.2, -0.15) is 5.10 Å². The summed E-state index contributed by atoms with van der Waals surface area (Å²) in [4.78, 5) is 18.4. The Bertz CT molecular complexity index is 606. The van der Waals surface area contributed by atoms with E-state index in [2.05, 4.69) is 20.4 Å². The first-order valence-corrected chi connectivity index (χ1v) is 5.25. The van der Waals surface area contributed by atoms with Crippen molar-refractivity contribution < 1.29 is 4.92 Å². The standard InChI is InChI=1S/C10H12N6O2/c1-6-4-7(2)15(14-6)10-8(16(17)18)9(11-3)12-5-13-10/h4-5H,1-3H3,(H,11,12,13). The van der Waals surface area contributed by atoms with Crippen LogP contribution in [0.25, 0.3) is 5.82 Å². The number of nitro groups is 1. The third-order valence-corrected chi connectivity index (χ3v) is 2.43. The molecule has 0 bridgehead atoms. The van der Waals surface area contributed by atoms with Crippen molar-refractivity contribution in [2.45, 2.75) is 13.8 Å². The fourth-order valence-corrected chi connectivity index (χ4v) is 1.72. The van der Waals surface area contributed by atoms with Gasteiger partial charge in [0.15, 0.2) is 0 Å². The Kier molecular flexibility index (Phi) is 2.92. The number of hydrogen-bond acceptors (Lipinski definition) is 6. The van der Waals surface area contributed by atoms with Crippen LogP contribution in [0.5, 0.6) is 0 Å². The first kappa shape index (κ1) is 12.0. The molecule has 8 heteroatoms. The maximum atomic E-state index is 11.1. The molecule has 0 aliphatic rings. The highest BCUT2D eigenvalue weighted by atomic mass is 16.6. The van der Waals surface area contributed by atoms with Crippen LogP contribution in [0, 0.1) is 24.0 Å². The number of nitrogens with one attached hydrogen (secondary N) is 1. The molecule has 0 aromatic carbocycles. The Hall–Kier alpha value is -2.51. The van der Waals surface area contributed by atoms with Gasteiger partial charge in [-0.15, -0.1) is 0 Å². The maximum absolute atomic E-state index is 11.1. The Labute approximate surface area is 103 Å². The Morgan fingerprint density at radius 3 is 2.61 bits per heavy atom. The van der Waals surface area contributed by atoms with Crippen LogP contribution in [0.2, 0.25) is 0 Å². The van der Waals surface area contributed by atoms with Gasteiger partial charge in [0.05, 0.1) is 10.6 Å². The number of rotatable bonds is 3. The number of aryl methyl sites for hydroxylation is 2. The molecule has 0 amide bonds. The molecule has 2 heterocycles. The molecule has 8 nitrogen and oxygen atoms in total. The highest BCUT2D eigenvalue weighted by Crippen LogP contribution is 2.27. The monoisotopic (exact) mass is 248 g/mol. The summed E-state index contributed by atoms with van der Waals surface area (Å²) in [5.41, 5.74) is 1.36. The van der Waals surface area contributed by atoms with Crippen molar-refractivity contribution in [2.75, 3.05) is 12.4 Å². The average Bonchev–Trinajstić information content (AvgIpc) is 2.67. The van der Waals surface area contributed by atoms with Crippen LogP contribution in [0.4, 0.5) is 11.5 Å². The smallest absolute Gasteiger partial charge is 0.355 e. The SMILES string of the molecule is CNc1ncnc(-n2nc(C)cc2C)c1[N+](=O)[O-]. The molecule has 0 radical (unpaired) electrons. The fraction of sp³-hybridized carbons (Fsp3) is 0.300. The summed E-state index contributed by atoms with van der Waals surface area (Å²) < 4.78 is 1.44. The summed E-state index contributed by atoms with van der Waals surface area (Å²) in [7, 11) is 1.57. The molecular weight excluding hydrogens is 236 g/mol. The Morgan fingerprint density at radius 1 is 1.39 bits per heavy atom. The number of anilines is 1. The third kappa shape index (κ3) is 1.88. The van der Waals surface area contributed by atoms with Gasteiger partial charge in [0.2, 0.25) is 11.6 Å². The number of nitrogens with zero attached hydrogens (tertiary/aromatic N) is 5. The van der Waals surface area contributed by atoms with Gasteiger partial charge in [-0.1, -0.05) is 0 Å². The second kappa shape index (κ2) is 4.40. The van der Waals surface area contributed by atoms with Crippen LogP contribution in [0.1, 0.15) is 11.4 Å². The molecule has 0 unspecified atom stereocenters. The van der Waals surface area contributed by atoms with Crippen molar-refractivity contribution in [3.05, 3.63) is 33.9 Å². The van der Waals surface area contributed by atoms with Crippen LogP contribution < -0.4 is 5.32 Å². The Balaban J connectivity index is 2.71. The lowest BCUT2D eigenvalue weighted by molar-refractivity contribution is -0.384. The number of hydrogen-bond donors (Lipinski definition) is 1. The molecule has 0 aliphatic heterocycles. The molecule has 0 spiro atoms. The third-order valence-electron chi connectivity index (χ3n) is 2.43. The lowest BCUT2D eigenvalue weighted by Gasteiger charge is -2.06. The zero-order valence-electron chi connectivity index (χ0n) is 10.2. The van der Waals surface area contributed by atoms with Gasteiger partial charge in [-0.05, 0) is 19.9 Å². The Morgan fingerprint density at radius 2 is 2.11 bits per heavy atom. The van der Waals surface area contributed by atoms with Crippen LogP contribution in [-0.2, 0) is 0 Å². The highest BCUT2D eigenvalue weighted by Gasteiger charge is 2.24. The lowest BCUT2D eigenvalue weighted by Crippen LogP contribution is -2.09. The maximum Gasteiger partial charge on any atom is 0.355 e. The molecule has 0 fully saturated rings. The molecule has 0 saturated heterocycles. The molecule has 18 heavy (non-hydrogen) atoms. The average molecular weight is 248 g/mol. The van der Waals surface area contributed by atoms with Gasteiger partial charge in [0.25, 0.3) is 0 Å². The molecule has 0 aliphatic carbocycles. The van der Waals surface area contributed by atoms with Gasteiger partial charge in [-0.3, -0.25) is 10.1 Å². The molecule has 2 aromatic heterocycles. The van der Waals surface area contributed by atoms with Gasteiger partial charge < -0.3 is 5.32 Å². The second-order valence-corrected chi connectivity index (χ2v) is 3.74.